The maximum atomic E-state index is 13.0. The van der Waals surface area contributed by atoms with Gasteiger partial charge in [-0.25, -0.2) is 9.59 Å². The van der Waals surface area contributed by atoms with Gasteiger partial charge < -0.3 is 9.84 Å². The van der Waals surface area contributed by atoms with Gasteiger partial charge in [-0.15, -0.1) is 5.10 Å². The fourth-order valence-electron chi connectivity index (χ4n) is 3.81. The standard InChI is InChI=1S/C27H30F3N3O4/c1-5-16-32-23(31-33(25(32)36)21-13-11-20(12-14-21)27(28,29)30)9-7-8-18-10-15-22(19(6-2)17-18)37-26(3,4)24(34)35/h6,10-15,17H,2,5,7-9,16H2,1,3-4H3,(H,34,35). The summed E-state index contributed by atoms with van der Waals surface area (Å²) in [5.74, 6) is -0.113. The first-order valence-corrected chi connectivity index (χ1v) is 11.9. The van der Waals surface area contributed by atoms with Crippen molar-refractivity contribution in [3.63, 3.8) is 0 Å². The Bertz CT molecular complexity index is 1320. The molecular weight excluding hydrogens is 487 g/mol. The van der Waals surface area contributed by atoms with Crippen molar-refractivity contribution >= 4 is 12.0 Å². The molecule has 37 heavy (non-hydrogen) atoms. The Morgan fingerprint density at radius 1 is 1.14 bits per heavy atom. The monoisotopic (exact) mass is 517 g/mol. The summed E-state index contributed by atoms with van der Waals surface area (Å²) < 4.78 is 47.0. The van der Waals surface area contributed by atoms with Crippen molar-refractivity contribution in [1.82, 2.24) is 14.3 Å². The first kappa shape index (κ1) is 27.8. The maximum Gasteiger partial charge on any atom is 0.416 e. The number of benzene rings is 2. The van der Waals surface area contributed by atoms with E-state index in [2.05, 4.69) is 11.7 Å². The zero-order chi connectivity index (χ0) is 27.4. The third-order valence-electron chi connectivity index (χ3n) is 5.87. The molecule has 10 heteroatoms. The van der Waals surface area contributed by atoms with Gasteiger partial charge in [-0.3, -0.25) is 4.57 Å². The van der Waals surface area contributed by atoms with Crippen LogP contribution in [-0.4, -0.2) is 31.0 Å². The van der Waals surface area contributed by atoms with E-state index >= 15 is 0 Å². The van der Waals surface area contributed by atoms with Gasteiger partial charge >= 0.3 is 17.8 Å². The van der Waals surface area contributed by atoms with E-state index < -0.39 is 29.0 Å². The molecule has 0 atom stereocenters. The SMILES string of the molecule is C=Cc1cc(CCCc2nn(-c3ccc(C(F)(F)F)cc3)c(=O)n2CCC)ccc1OC(C)(C)C(=O)O. The first-order chi connectivity index (χ1) is 17.4. The molecule has 0 spiro atoms. The molecule has 7 nitrogen and oxygen atoms in total. The molecule has 0 fully saturated rings. The van der Waals surface area contributed by atoms with Crippen LogP contribution in [0.15, 0.2) is 53.8 Å². The van der Waals surface area contributed by atoms with Gasteiger partial charge in [0.2, 0.25) is 0 Å². The van der Waals surface area contributed by atoms with Crippen LogP contribution in [0.2, 0.25) is 0 Å². The van der Waals surface area contributed by atoms with E-state index in [-0.39, 0.29) is 5.69 Å². The van der Waals surface area contributed by atoms with Crippen molar-refractivity contribution in [3.05, 3.63) is 82.0 Å². The maximum absolute atomic E-state index is 13.0. The van der Waals surface area contributed by atoms with Crippen molar-refractivity contribution in [2.24, 2.45) is 0 Å². The van der Waals surface area contributed by atoms with Gasteiger partial charge in [0.1, 0.15) is 11.6 Å². The highest BCUT2D eigenvalue weighted by Crippen LogP contribution is 2.29. The summed E-state index contributed by atoms with van der Waals surface area (Å²) in [4.78, 5) is 24.3. The summed E-state index contributed by atoms with van der Waals surface area (Å²) in [6.45, 7) is 9.10. The Labute approximate surface area is 212 Å². The van der Waals surface area contributed by atoms with Gasteiger partial charge in [0.05, 0.1) is 11.3 Å². The largest absolute Gasteiger partial charge is 0.478 e. The first-order valence-electron chi connectivity index (χ1n) is 11.9. The summed E-state index contributed by atoms with van der Waals surface area (Å²) in [7, 11) is 0. The van der Waals surface area contributed by atoms with E-state index in [9.17, 15) is 27.9 Å². The van der Waals surface area contributed by atoms with Crippen LogP contribution in [0.5, 0.6) is 5.75 Å². The fraction of sp³-hybridized carbons (Fsp3) is 0.370. The average Bonchev–Trinajstić information content (AvgIpc) is 3.14. The minimum Gasteiger partial charge on any atom is -0.478 e. The number of carboxylic acid groups (broad SMARTS) is 1. The second-order valence-electron chi connectivity index (χ2n) is 9.15. The highest BCUT2D eigenvalue weighted by Gasteiger charge is 2.31. The molecule has 198 valence electrons. The van der Waals surface area contributed by atoms with Crippen molar-refractivity contribution < 1.29 is 27.8 Å². The summed E-state index contributed by atoms with van der Waals surface area (Å²) in [6.07, 6.45) is -0.375. The number of alkyl halides is 3. The zero-order valence-electron chi connectivity index (χ0n) is 21.0. The number of rotatable bonds is 11. The molecule has 2 aromatic carbocycles. The molecule has 0 bridgehead atoms. The third-order valence-corrected chi connectivity index (χ3v) is 5.87. The number of carbonyl (C=O) groups is 1. The highest BCUT2D eigenvalue weighted by atomic mass is 19.4. The van der Waals surface area contributed by atoms with Gasteiger partial charge in [-0.05, 0) is 75.1 Å². The Kier molecular flexibility index (Phi) is 8.30. The van der Waals surface area contributed by atoms with Gasteiger partial charge in [0, 0.05) is 18.5 Å². The molecular formula is C27H30F3N3O4. The number of aryl methyl sites for hydroxylation is 2. The van der Waals surface area contributed by atoms with Crippen LogP contribution in [0.4, 0.5) is 13.2 Å². The topological polar surface area (TPSA) is 86.4 Å². The minimum atomic E-state index is -4.46. The van der Waals surface area contributed by atoms with Crippen molar-refractivity contribution in [1.29, 1.82) is 0 Å². The number of hydrogen-bond acceptors (Lipinski definition) is 4. The van der Waals surface area contributed by atoms with E-state index in [0.717, 1.165) is 22.4 Å². The summed E-state index contributed by atoms with van der Waals surface area (Å²) in [5, 5.41) is 13.7. The van der Waals surface area contributed by atoms with E-state index in [1.165, 1.54) is 26.0 Å². The van der Waals surface area contributed by atoms with Crippen molar-refractivity contribution in [2.75, 3.05) is 0 Å². The number of ether oxygens (including phenoxy) is 1. The van der Waals surface area contributed by atoms with E-state index in [1.54, 1.807) is 16.7 Å². The fourth-order valence-corrected chi connectivity index (χ4v) is 3.81. The molecule has 3 rings (SSSR count). The number of halogens is 3. The molecule has 0 unspecified atom stereocenters. The summed E-state index contributed by atoms with van der Waals surface area (Å²) in [5.41, 5.74) is -0.672. The molecule has 1 N–H and O–H groups in total. The lowest BCUT2D eigenvalue weighted by molar-refractivity contribution is -0.152. The van der Waals surface area contributed by atoms with Crippen LogP contribution in [0.3, 0.4) is 0 Å². The number of carboxylic acids is 1. The van der Waals surface area contributed by atoms with Crippen LogP contribution in [0.1, 0.15) is 56.1 Å². The molecule has 1 aromatic heterocycles. The van der Waals surface area contributed by atoms with Crippen molar-refractivity contribution in [2.45, 2.75) is 64.8 Å². The molecule has 0 aliphatic rings. The lowest BCUT2D eigenvalue weighted by atomic mass is 10.0. The number of nitrogens with zero attached hydrogens (tertiary/aromatic N) is 3. The van der Waals surface area contributed by atoms with Crippen LogP contribution >= 0.6 is 0 Å². The van der Waals surface area contributed by atoms with Gasteiger partial charge in [0.25, 0.3) is 0 Å². The number of aliphatic carboxylic acids is 1. The van der Waals surface area contributed by atoms with Gasteiger partial charge in [0.15, 0.2) is 5.60 Å². The number of aromatic nitrogens is 3. The van der Waals surface area contributed by atoms with E-state index in [1.807, 2.05) is 19.1 Å². The smallest absolute Gasteiger partial charge is 0.416 e. The Morgan fingerprint density at radius 3 is 2.38 bits per heavy atom. The normalized spacial score (nSPS) is 11.9. The second-order valence-corrected chi connectivity index (χ2v) is 9.15. The Hall–Kier alpha value is -3.82. The molecule has 1 heterocycles. The van der Waals surface area contributed by atoms with Gasteiger partial charge in [-0.2, -0.15) is 17.9 Å². The molecule has 0 saturated carbocycles. The third kappa shape index (κ3) is 6.49. The quantitative estimate of drug-likeness (QED) is 0.362. The number of hydrogen-bond donors (Lipinski definition) is 1. The Balaban J connectivity index is 1.77. The van der Waals surface area contributed by atoms with Crippen LogP contribution in [-0.2, 0) is 30.4 Å². The van der Waals surface area contributed by atoms with Crippen molar-refractivity contribution in [3.8, 4) is 11.4 Å². The minimum absolute atomic E-state index is 0.268. The van der Waals surface area contributed by atoms with Gasteiger partial charge in [-0.1, -0.05) is 25.6 Å². The van der Waals surface area contributed by atoms with Crippen LogP contribution < -0.4 is 10.4 Å². The molecule has 3 aromatic rings. The highest BCUT2D eigenvalue weighted by molar-refractivity contribution is 5.77. The molecule has 0 radical (unpaired) electrons. The molecule has 0 amide bonds. The van der Waals surface area contributed by atoms with Crippen LogP contribution in [0.25, 0.3) is 11.8 Å². The summed E-state index contributed by atoms with van der Waals surface area (Å²) in [6, 6.07) is 9.78. The lowest BCUT2D eigenvalue weighted by Gasteiger charge is -2.23. The Morgan fingerprint density at radius 2 is 1.81 bits per heavy atom. The molecule has 0 aliphatic heterocycles. The molecule has 0 aliphatic carbocycles. The lowest BCUT2D eigenvalue weighted by Crippen LogP contribution is -2.38. The predicted molar refractivity (Wildman–Crippen MR) is 134 cm³/mol. The summed E-state index contributed by atoms with van der Waals surface area (Å²) >= 11 is 0. The zero-order valence-corrected chi connectivity index (χ0v) is 21.0. The second kappa shape index (κ2) is 11.1. The predicted octanol–water partition coefficient (Wildman–Crippen LogP) is 5.52. The van der Waals surface area contributed by atoms with E-state index in [0.29, 0.717) is 49.4 Å². The average molecular weight is 518 g/mol. The van der Waals surface area contributed by atoms with E-state index in [4.69, 9.17) is 4.74 Å². The molecule has 0 saturated heterocycles. The van der Waals surface area contributed by atoms with Crippen LogP contribution in [0, 0.1) is 0 Å².